The maximum Gasteiger partial charge on any atom is 0.410 e. The van der Waals surface area contributed by atoms with Crippen LogP contribution in [0.4, 0.5) is 9.18 Å². The van der Waals surface area contributed by atoms with Gasteiger partial charge in [0.15, 0.2) is 0 Å². The van der Waals surface area contributed by atoms with Crippen LogP contribution in [-0.4, -0.2) is 29.7 Å². The van der Waals surface area contributed by atoms with Crippen LogP contribution in [-0.2, 0) is 11.2 Å². The van der Waals surface area contributed by atoms with Gasteiger partial charge in [0, 0.05) is 13.1 Å². The highest BCUT2D eigenvalue weighted by Crippen LogP contribution is 2.12. The number of hydrogen-bond acceptors (Lipinski definition) is 2. The Labute approximate surface area is 114 Å². The van der Waals surface area contributed by atoms with Gasteiger partial charge >= 0.3 is 6.09 Å². The van der Waals surface area contributed by atoms with Gasteiger partial charge in [-0.3, -0.25) is 0 Å². The summed E-state index contributed by atoms with van der Waals surface area (Å²) in [6.07, 6.45) is 0.131. The van der Waals surface area contributed by atoms with E-state index in [0.717, 1.165) is 0 Å². The molecule has 0 bridgehead atoms. The third-order valence-electron chi connectivity index (χ3n) is 2.64. The summed E-state index contributed by atoms with van der Waals surface area (Å²) in [7, 11) is 0. The van der Waals surface area contributed by atoms with E-state index >= 15 is 0 Å². The Morgan fingerprint density at radius 2 is 1.95 bits per heavy atom. The third kappa shape index (κ3) is 5.28. The van der Waals surface area contributed by atoms with Crippen LogP contribution in [0, 0.1) is 5.82 Å². The van der Waals surface area contributed by atoms with Crippen molar-refractivity contribution in [3.8, 4) is 0 Å². The first kappa shape index (κ1) is 15.5. The summed E-state index contributed by atoms with van der Waals surface area (Å²) in [4.78, 5) is 13.5. The minimum atomic E-state index is -0.511. The van der Waals surface area contributed by atoms with Crippen molar-refractivity contribution in [3.63, 3.8) is 0 Å². The van der Waals surface area contributed by atoms with Crippen molar-refractivity contribution in [1.82, 2.24) is 4.90 Å². The van der Waals surface area contributed by atoms with Gasteiger partial charge < -0.3 is 9.64 Å². The zero-order chi connectivity index (χ0) is 14.5. The van der Waals surface area contributed by atoms with Gasteiger partial charge in [-0.2, -0.15) is 0 Å². The standard InChI is InChI=1S/C15H22FNO2/c1-5-17(14(18)19-15(2,3)4)11-10-12-8-6-7-9-13(12)16/h6-9H,5,10-11H2,1-4H3. The highest BCUT2D eigenvalue weighted by atomic mass is 19.1. The molecule has 0 atom stereocenters. The van der Waals surface area contributed by atoms with Gasteiger partial charge in [-0.15, -0.1) is 0 Å². The second-order valence-electron chi connectivity index (χ2n) is 5.40. The summed E-state index contributed by atoms with van der Waals surface area (Å²) in [6.45, 7) is 8.36. The van der Waals surface area contributed by atoms with Gasteiger partial charge in [0.25, 0.3) is 0 Å². The topological polar surface area (TPSA) is 29.5 Å². The highest BCUT2D eigenvalue weighted by Gasteiger charge is 2.20. The Balaban J connectivity index is 2.58. The van der Waals surface area contributed by atoms with E-state index < -0.39 is 5.60 Å². The van der Waals surface area contributed by atoms with E-state index in [2.05, 4.69) is 0 Å². The minimum absolute atomic E-state index is 0.234. The largest absolute Gasteiger partial charge is 0.444 e. The van der Waals surface area contributed by atoms with Crippen LogP contribution in [0.2, 0.25) is 0 Å². The molecule has 0 N–H and O–H groups in total. The Bertz CT molecular complexity index is 426. The first-order valence-corrected chi connectivity index (χ1v) is 6.55. The van der Waals surface area contributed by atoms with E-state index in [0.29, 0.717) is 25.1 Å². The lowest BCUT2D eigenvalue weighted by atomic mass is 10.1. The molecule has 1 rings (SSSR count). The number of ether oxygens (including phenoxy) is 1. The van der Waals surface area contributed by atoms with Gasteiger partial charge in [0.05, 0.1) is 0 Å². The van der Waals surface area contributed by atoms with E-state index in [9.17, 15) is 9.18 Å². The molecule has 0 saturated carbocycles. The van der Waals surface area contributed by atoms with Crippen LogP contribution in [0.25, 0.3) is 0 Å². The summed E-state index contributed by atoms with van der Waals surface area (Å²) < 4.78 is 18.8. The summed E-state index contributed by atoms with van der Waals surface area (Å²) in [5.41, 5.74) is 0.104. The first-order chi connectivity index (χ1) is 8.83. The Morgan fingerprint density at radius 1 is 1.32 bits per heavy atom. The fraction of sp³-hybridized carbons (Fsp3) is 0.533. The Kier molecular flexibility index (Phi) is 5.33. The van der Waals surface area contributed by atoms with Crippen molar-refractivity contribution >= 4 is 6.09 Å². The molecule has 3 nitrogen and oxygen atoms in total. The van der Waals surface area contributed by atoms with Crippen molar-refractivity contribution in [1.29, 1.82) is 0 Å². The molecule has 0 spiro atoms. The fourth-order valence-corrected chi connectivity index (χ4v) is 1.66. The van der Waals surface area contributed by atoms with Crippen molar-refractivity contribution in [2.45, 2.75) is 39.7 Å². The number of hydrogen-bond donors (Lipinski definition) is 0. The molecule has 0 aromatic heterocycles. The van der Waals surface area contributed by atoms with Gasteiger partial charge in [-0.25, -0.2) is 9.18 Å². The average Bonchev–Trinajstić information content (AvgIpc) is 2.29. The maximum absolute atomic E-state index is 13.5. The summed E-state index contributed by atoms with van der Waals surface area (Å²) >= 11 is 0. The van der Waals surface area contributed by atoms with Crippen LogP contribution in [0.15, 0.2) is 24.3 Å². The molecule has 0 fully saturated rings. The summed E-state index contributed by atoms with van der Waals surface area (Å²) in [5.74, 6) is -0.234. The molecule has 0 aliphatic carbocycles. The normalized spacial score (nSPS) is 11.2. The molecule has 19 heavy (non-hydrogen) atoms. The zero-order valence-corrected chi connectivity index (χ0v) is 12.1. The number of rotatable bonds is 4. The van der Waals surface area contributed by atoms with E-state index in [4.69, 9.17) is 4.74 Å². The van der Waals surface area contributed by atoms with Crippen molar-refractivity contribution in [2.75, 3.05) is 13.1 Å². The predicted octanol–water partition coefficient (Wildman–Crippen LogP) is 3.63. The highest BCUT2D eigenvalue weighted by molar-refractivity contribution is 5.68. The van der Waals surface area contributed by atoms with E-state index in [-0.39, 0.29) is 11.9 Å². The first-order valence-electron chi connectivity index (χ1n) is 6.55. The smallest absolute Gasteiger partial charge is 0.410 e. The molecule has 0 radical (unpaired) electrons. The number of carbonyl (C=O) groups is 1. The summed E-state index contributed by atoms with van der Waals surface area (Å²) in [5, 5.41) is 0. The van der Waals surface area contributed by atoms with Crippen molar-refractivity contribution < 1.29 is 13.9 Å². The molecular formula is C15H22FNO2. The van der Waals surface area contributed by atoms with Crippen molar-refractivity contribution in [3.05, 3.63) is 35.6 Å². The molecule has 0 heterocycles. The quantitative estimate of drug-likeness (QED) is 0.833. The molecule has 4 heteroatoms. The third-order valence-corrected chi connectivity index (χ3v) is 2.64. The number of benzene rings is 1. The molecule has 1 aromatic rings. The second-order valence-corrected chi connectivity index (χ2v) is 5.40. The zero-order valence-electron chi connectivity index (χ0n) is 12.1. The van der Waals surface area contributed by atoms with Crippen LogP contribution in [0.3, 0.4) is 0 Å². The van der Waals surface area contributed by atoms with Crippen LogP contribution in [0.5, 0.6) is 0 Å². The monoisotopic (exact) mass is 267 g/mol. The fourth-order valence-electron chi connectivity index (χ4n) is 1.66. The van der Waals surface area contributed by atoms with Gasteiger partial charge in [-0.1, -0.05) is 18.2 Å². The van der Waals surface area contributed by atoms with Gasteiger partial charge in [-0.05, 0) is 45.7 Å². The van der Waals surface area contributed by atoms with Crippen molar-refractivity contribution in [2.24, 2.45) is 0 Å². The molecule has 1 amide bonds. The lowest BCUT2D eigenvalue weighted by Crippen LogP contribution is -2.37. The number of amides is 1. The molecule has 106 valence electrons. The number of carbonyl (C=O) groups excluding carboxylic acids is 1. The number of likely N-dealkylation sites (N-methyl/N-ethyl adjacent to an activating group) is 1. The molecular weight excluding hydrogens is 245 g/mol. The lowest BCUT2D eigenvalue weighted by Gasteiger charge is -2.26. The van der Waals surface area contributed by atoms with E-state index in [1.165, 1.54) is 6.07 Å². The second kappa shape index (κ2) is 6.55. The summed E-state index contributed by atoms with van der Waals surface area (Å²) in [6, 6.07) is 6.61. The van der Waals surface area contributed by atoms with Crippen LogP contribution in [0.1, 0.15) is 33.3 Å². The minimum Gasteiger partial charge on any atom is -0.444 e. The predicted molar refractivity (Wildman–Crippen MR) is 73.6 cm³/mol. The van der Waals surface area contributed by atoms with E-state index in [1.807, 2.05) is 27.7 Å². The Hall–Kier alpha value is -1.58. The number of nitrogens with zero attached hydrogens (tertiary/aromatic N) is 1. The Morgan fingerprint density at radius 3 is 2.47 bits per heavy atom. The SMILES string of the molecule is CCN(CCc1ccccc1F)C(=O)OC(C)(C)C. The van der Waals surface area contributed by atoms with Gasteiger partial charge in [0.2, 0.25) is 0 Å². The van der Waals surface area contributed by atoms with E-state index in [1.54, 1.807) is 23.1 Å². The number of halogens is 1. The maximum atomic E-state index is 13.5. The lowest BCUT2D eigenvalue weighted by molar-refractivity contribution is 0.0262. The molecule has 0 saturated heterocycles. The molecule has 0 unspecified atom stereocenters. The van der Waals surface area contributed by atoms with Gasteiger partial charge in [0.1, 0.15) is 11.4 Å². The average molecular weight is 267 g/mol. The van der Waals surface area contributed by atoms with Crippen LogP contribution < -0.4 is 0 Å². The molecule has 0 aliphatic heterocycles. The van der Waals surface area contributed by atoms with Crippen LogP contribution >= 0.6 is 0 Å². The molecule has 0 aliphatic rings. The molecule has 1 aromatic carbocycles.